The molecule has 9 nitrogen and oxygen atoms in total. The van der Waals surface area contributed by atoms with Crippen LogP contribution in [0.5, 0.6) is 11.5 Å². The third-order valence-corrected chi connectivity index (χ3v) is 5.41. The van der Waals surface area contributed by atoms with Crippen LogP contribution < -0.4 is 30.3 Å². The summed E-state index contributed by atoms with van der Waals surface area (Å²) in [6.45, 7) is 2.92. The number of nitrogens with zero attached hydrogens (tertiary/aromatic N) is 1. The Morgan fingerprint density at radius 1 is 0.970 bits per heavy atom. The molecule has 178 valence electrons. The van der Waals surface area contributed by atoms with Gasteiger partial charge in [-0.3, -0.25) is 4.79 Å². The Kier molecular flexibility index (Phi) is 8.77. The highest BCUT2D eigenvalue weighted by atomic mass is 16.5. The third kappa shape index (κ3) is 6.52. The van der Waals surface area contributed by atoms with Gasteiger partial charge in [-0.2, -0.15) is 0 Å². The van der Waals surface area contributed by atoms with Crippen molar-refractivity contribution in [3.05, 3.63) is 42.0 Å². The van der Waals surface area contributed by atoms with Crippen molar-refractivity contribution < 1.29 is 23.8 Å². The van der Waals surface area contributed by atoms with Gasteiger partial charge in [-0.05, 0) is 49.6 Å². The summed E-state index contributed by atoms with van der Waals surface area (Å²) in [5.74, 6) is 0.926. The zero-order chi connectivity index (χ0) is 23.6. The van der Waals surface area contributed by atoms with Crippen LogP contribution in [0.2, 0.25) is 0 Å². The summed E-state index contributed by atoms with van der Waals surface area (Å²) in [5.41, 5.74) is 2.43. The molecule has 1 heterocycles. The first kappa shape index (κ1) is 24.2. The molecule has 1 saturated heterocycles. The summed E-state index contributed by atoms with van der Waals surface area (Å²) < 4.78 is 15.6. The first-order valence-electron chi connectivity index (χ1n) is 11.0. The largest absolute Gasteiger partial charge is 0.497 e. The fraction of sp³-hybridized carbons (Fsp3) is 0.417. The summed E-state index contributed by atoms with van der Waals surface area (Å²) in [6, 6.07) is 10.1. The van der Waals surface area contributed by atoms with Crippen LogP contribution in [0.4, 0.5) is 21.9 Å². The molecule has 0 atom stereocenters. The topological polar surface area (TPSA) is 101 Å². The van der Waals surface area contributed by atoms with Crippen molar-refractivity contribution in [2.45, 2.75) is 19.3 Å². The van der Waals surface area contributed by atoms with Crippen molar-refractivity contribution in [2.24, 2.45) is 0 Å². The first-order valence-corrected chi connectivity index (χ1v) is 11.0. The maximum Gasteiger partial charge on any atom is 0.323 e. The SMILES string of the molecule is COCCCNC(=O)c1cc(NC(=O)Nc2ccc(OC)cc2OC)ccc1N1CCCC1. The Bertz CT molecular complexity index is 960. The second-order valence-electron chi connectivity index (χ2n) is 7.67. The summed E-state index contributed by atoms with van der Waals surface area (Å²) in [5, 5.41) is 8.52. The predicted molar refractivity (Wildman–Crippen MR) is 129 cm³/mol. The summed E-state index contributed by atoms with van der Waals surface area (Å²) >= 11 is 0. The minimum absolute atomic E-state index is 0.172. The van der Waals surface area contributed by atoms with Gasteiger partial charge >= 0.3 is 6.03 Å². The lowest BCUT2D eigenvalue weighted by Gasteiger charge is -2.22. The Balaban J connectivity index is 1.74. The third-order valence-electron chi connectivity index (χ3n) is 5.41. The standard InChI is InChI=1S/C24H32N4O5/c1-31-14-6-11-25-23(29)19-15-17(7-10-21(19)28-12-4-5-13-28)26-24(30)27-20-9-8-18(32-2)16-22(20)33-3/h7-10,15-16H,4-6,11-14H2,1-3H3,(H,25,29)(H2,26,27,30). The lowest BCUT2D eigenvalue weighted by Crippen LogP contribution is -2.29. The van der Waals surface area contributed by atoms with Gasteiger partial charge in [0.15, 0.2) is 0 Å². The fourth-order valence-corrected chi connectivity index (χ4v) is 3.73. The number of methoxy groups -OCH3 is 3. The van der Waals surface area contributed by atoms with E-state index in [4.69, 9.17) is 14.2 Å². The van der Waals surface area contributed by atoms with E-state index in [9.17, 15) is 9.59 Å². The number of amides is 3. The van der Waals surface area contributed by atoms with Gasteiger partial charge in [-0.15, -0.1) is 0 Å². The lowest BCUT2D eigenvalue weighted by molar-refractivity contribution is 0.0949. The smallest absolute Gasteiger partial charge is 0.323 e. The summed E-state index contributed by atoms with van der Waals surface area (Å²) in [4.78, 5) is 27.8. The number of carbonyl (C=O) groups excluding carboxylic acids is 2. The summed E-state index contributed by atoms with van der Waals surface area (Å²) in [7, 11) is 4.72. The number of anilines is 3. The highest BCUT2D eigenvalue weighted by Gasteiger charge is 2.20. The molecule has 1 aliphatic heterocycles. The van der Waals surface area contributed by atoms with Crippen LogP contribution in [-0.4, -0.2) is 59.5 Å². The number of nitrogens with one attached hydrogen (secondary N) is 3. The van der Waals surface area contributed by atoms with Crippen molar-refractivity contribution in [3.63, 3.8) is 0 Å². The molecule has 0 aliphatic carbocycles. The van der Waals surface area contributed by atoms with Crippen molar-refractivity contribution >= 4 is 29.0 Å². The maximum absolute atomic E-state index is 12.9. The normalized spacial score (nSPS) is 12.9. The highest BCUT2D eigenvalue weighted by molar-refractivity contribution is 6.04. The molecule has 9 heteroatoms. The van der Waals surface area contributed by atoms with E-state index in [0.717, 1.165) is 38.0 Å². The van der Waals surface area contributed by atoms with E-state index >= 15 is 0 Å². The van der Waals surface area contributed by atoms with E-state index in [1.807, 2.05) is 6.07 Å². The van der Waals surface area contributed by atoms with Gasteiger partial charge in [0.2, 0.25) is 0 Å². The quantitative estimate of drug-likeness (QED) is 0.471. The van der Waals surface area contributed by atoms with E-state index < -0.39 is 6.03 Å². The Labute approximate surface area is 194 Å². The number of hydrogen-bond donors (Lipinski definition) is 3. The monoisotopic (exact) mass is 456 g/mol. The molecule has 0 saturated carbocycles. The van der Waals surface area contributed by atoms with Gasteiger partial charge in [-0.25, -0.2) is 4.79 Å². The number of hydrogen-bond acceptors (Lipinski definition) is 6. The lowest BCUT2D eigenvalue weighted by atomic mass is 10.1. The molecule has 0 spiro atoms. The summed E-state index contributed by atoms with van der Waals surface area (Å²) in [6.07, 6.45) is 2.92. The number of rotatable bonds is 10. The minimum atomic E-state index is -0.446. The van der Waals surface area contributed by atoms with Crippen molar-refractivity contribution in [3.8, 4) is 11.5 Å². The molecule has 2 aromatic rings. The molecule has 0 bridgehead atoms. The zero-order valence-corrected chi connectivity index (χ0v) is 19.4. The molecule has 0 aromatic heterocycles. The Morgan fingerprint density at radius 2 is 1.76 bits per heavy atom. The van der Waals surface area contributed by atoms with Crippen molar-refractivity contribution in [1.82, 2.24) is 5.32 Å². The van der Waals surface area contributed by atoms with Crippen molar-refractivity contribution in [2.75, 3.05) is 63.1 Å². The Hall–Kier alpha value is -3.46. The molecule has 3 N–H and O–H groups in total. The van der Waals surface area contributed by atoms with Gasteiger partial charge in [0.1, 0.15) is 11.5 Å². The predicted octanol–water partition coefficient (Wildman–Crippen LogP) is 3.71. The molecule has 0 unspecified atom stereocenters. The second-order valence-corrected chi connectivity index (χ2v) is 7.67. The van der Waals surface area contributed by atoms with Gasteiger partial charge in [-0.1, -0.05) is 0 Å². The second kappa shape index (κ2) is 12.0. The number of carbonyl (C=O) groups is 2. The number of benzene rings is 2. The molecule has 1 fully saturated rings. The molecule has 0 radical (unpaired) electrons. The molecule has 3 rings (SSSR count). The zero-order valence-electron chi connectivity index (χ0n) is 19.4. The molecule has 3 amide bonds. The van der Waals surface area contributed by atoms with E-state index in [1.54, 1.807) is 44.6 Å². The van der Waals surface area contributed by atoms with Gasteiger partial charge in [0.25, 0.3) is 5.91 Å². The number of urea groups is 1. The Morgan fingerprint density at radius 3 is 2.45 bits per heavy atom. The van der Waals surface area contributed by atoms with E-state index in [-0.39, 0.29) is 5.91 Å². The first-order chi connectivity index (χ1) is 16.0. The van der Waals surface area contributed by atoms with E-state index in [1.165, 1.54) is 7.11 Å². The minimum Gasteiger partial charge on any atom is -0.497 e. The van der Waals surface area contributed by atoms with Crippen LogP contribution in [0.15, 0.2) is 36.4 Å². The van der Waals surface area contributed by atoms with Crippen LogP contribution in [0.3, 0.4) is 0 Å². The molecule has 2 aromatic carbocycles. The molecule has 1 aliphatic rings. The average Bonchev–Trinajstić information content (AvgIpc) is 3.36. The van der Waals surface area contributed by atoms with Crippen LogP contribution >= 0.6 is 0 Å². The molecular weight excluding hydrogens is 424 g/mol. The fourth-order valence-electron chi connectivity index (χ4n) is 3.73. The van der Waals surface area contributed by atoms with Gasteiger partial charge < -0.3 is 35.1 Å². The van der Waals surface area contributed by atoms with Gasteiger partial charge in [0.05, 0.1) is 25.5 Å². The van der Waals surface area contributed by atoms with Crippen LogP contribution in [-0.2, 0) is 4.74 Å². The maximum atomic E-state index is 12.9. The van der Waals surface area contributed by atoms with Crippen LogP contribution in [0.1, 0.15) is 29.6 Å². The van der Waals surface area contributed by atoms with E-state index in [2.05, 4.69) is 20.9 Å². The van der Waals surface area contributed by atoms with Gasteiger partial charge in [0, 0.05) is 50.8 Å². The highest BCUT2D eigenvalue weighted by Crippen LogP contribution is 2.30. The molecule has 33 heavy (non-hydrogen) atoms. The van der Waals surface area contributed by atoms with Crippen LogP contribution in [0.25, 0.3) is 0 Å². The average molecular weight is 457 g/mol. The molecular formula is C24H32N4O5. The van der Waals surface area contributed by atoms with E-state index in [0.29, 0.717) is 41.6 Å². The van der Waals surface area contributed by atoms with Crippen molar-refractivity contribution in [1.29, 1.82) is 0 Å². The van der Waals surface area contributed by atoms with Crippen LogP contribution in [0, 0.1) is 0 Å². The number of ether oxygens (including phenoxy) is 3.